The molecule has 0 radical (unpaired) electrons. The van der Waals surface area contributed by atoms with Crippen molar-refractivity contribution in [1.29, 1.82) is 0 Å². The van der Waals surface area contributed by atoms with Crippen LogP contribution in [0.1, 0.15) is 13.8 Å². The van der Waals surface area contributed by atoms with Crippen LogP contribution in [0.3, 0.4) is 0 Å². The van der Waals surface area contributed by atoms with E-state index in [1.165, 1.54) is 0 Å². The molecule has 0 aromatic rings. The zero-order valence-electron chi connectivity index (χ0n) is 8.26. The molecule has 1 unspecified atom stereocenters. The average Bonchev–Trinajstić information content (AvgIpc) is 2.03. The Hall–Kier alpha value is -0.220. The van der Waals surface area contributed by atoms with Crippen molar-refractivity contribution in [2.75, 3.05) is 26.2 Å². The summed E-state index contributed by atoms with van der Waals surface area (Å²) in [6.07, 6.45) is -2.24. The molecule has 0 saturated carbocycles. The lowest BCUT2D eigenvalue weighted by Crippen LogP contribution is -2.54. The van der Waals surface area contributed by atoms with Crippen LogP contribution in [-0.4, -0.2) is 43.5 Å². The van der Waals surface area contributed by atoms with Crippen LogP contribution in [0.2, 0.25) is 0 Å². The maximum atomic E-state index is 12.3. The van der Waals surface area contributed by atoms with Gasteiger partial charge in [-0.15, -0.1) is 0 Å². The maximum Gasteiger partial charge on any atom is 0.254 e. The maximum absolute atomic E-state index is 12.3. The second-order valence-electron chi connectivity index (χ2n) is 4.05. The van der Waals surface area contributed by atoms with Crippen molar-refractivity contribution in [3.63, 3.8) is 0 Å². The predicted molar refractivity (Wildman–Crippen MR) is 49.1 cm³/mol. The third kappa shape index (κ3) is 3.56. The normalized spacial score (nSPS) is 25.8. The average molecular weight is 192 g/mol. The number of piperazine rings is 1. The summed E-state index contributed by atoms with van der Waals surface area (Å²) in [6, 6.07) is -0.632. The lowest BCUT2D eigenvalue weighted by Gasteiger charge is -2.34. The highest BCUT2D eigenvalue weighted by Gasteiger charge is 2.26. The third-order valence-electron chi connectivity index (χ3n) is 2.22. The quantitative estimate of drug-likeness (QED) is 0.722. The minimum atomic E-state index is -2.24. The summed E-state index contributed by atoms with van der Waals surface area (Å²) in [7, 11) is 0. The highest BCUT2D eigenvalue weighted by atomic mass is 19.3. The molecule has 2 nitrogen and oxygen atoms in total. The number of nitrogens with one attached hydrogen (secondary N) is 1. The fourth-order valence-corrected chi connectivity index (χ4v) is 1.69. The predicted octanol–water partition coefficient (Wildman–Crippen LogP) is 1.18. The van der Waals surface area contributed by atoms with E-state index in [9.17, 15) is 8.78 Å². The Bertz CT molecular complexity index is 151. The van der Waals surface area contributed by atoms with E-state index in [0.717, 1.165) is 13.1 Å². The number of hydrogen-bond donors (Lipinski definition) is 1. The summed E-state index contributed by atoms with van der Waals surface area (Å²) in [6.45, 7) is 7.20. The molecular weight excluding hydrogens is 174 g/mol. The molecule has 0 aromatic carbocycles. The van der Waals surface area contributed by atoms with Crippen LogP contribution in [0, 0.1) is 5.92 Å². The Morgan fingerprint density at radius 3 is 2.69 bits per heavy atom. The molecule has 4 heteroatoms. The minimum absolute atomic E-state index is 0.482. The van der Waals surface area contributed by atoms with Crippen LogP contribution in [0.15, 0.2) is 0 Å². The molecule has 1 rings (SSSR count). The van der Waals surface area contributed by atoms with Gasteiger partial charge < -0.3 is 10.2 Å². The highest BCUT2D eigenvalue weighted by Crippen LogP contribution is 2.09. The van der Waals surface area contributed by atoms with Crippen LogP contribution in [0.5, 0.6) is 0 Å². The minimum Gasteiger partial charge on any atom is -0.307 e. The number of alkyl halides is 2. The lowest BCUT2D eigenvalue weighted by molar-refractivity contribution is 0.0534. The van der Waals surface area contributed by atoms with Crippen molar-refractivity contribution in [2.24, 2.45) is 5.92 Å². The van der Waals surface area contributed by atoms with E-state index in [-0.39, 0.29) is 0 Å². The van der Waals surface area contributed by atoms with Gasteiger partial charge in [0, 0.05) is 26.2 Å². The smallest absolute Gasteiger partial charge is 0.254 e. The highest BCUT2D eigenvalue weighted by molar-refractivity contribution is 4.80. The van der Waals surface area contributed by atoms with E-state index < -0.39 is 12.5 Å². The molecule has 0 bridgehead atoms. The summed E-state index contributed by atoms with van der Waals surface area (Å²) in [5.74, 6) is 0.552. The van der Waals surface area contributed by atoms with Crippen molar-refractivity contribution in [3.05, 3.63) is 0 Å². The van der Waals surface area contributed by atoms with E-state index >= 15 is 0 Å². The first-order valence-corrected chi connectivity index (χ1v) is 4.83. The molecule has 1 N–H and O–H groups in total. The van der Waals surface area contributed by atoms with Gasteiger partial charge in [0.25, 0.3) is 6.43 Å². The van der Waals surface area contributed by atoms with Crippen LogP contribution in [-0.2, 0) is 0 Å². The van der Waals surface area contributed by atoms with Crippen molar-refractivity contribution in [1.82, 2.24) is 10.2 Å². The molecule has 0 aliphatic carbocycles. The van der Waals surface area contributed by atoms with Gasteiger partial charge in [-0.1, -0.05) is 13.8 Å². The number of halogens is 2. The third-order valence-corrected chi connectivity index (χ3v) is 2.22. The van der Waals surface area contributed by atoms with E-state index in [1.54, 1.807) is 0 Å². The van der Waals surface area contributed by atoms with Crippen molar-refractivity contribution < 1.29 is 8.78 Å². The van der Waals surface area contributed by atoms with Gasteiger partial charge in [-0.3, -0.25) is 0 Å². The molecule has 1 heterocycles. The molecule has 13 heavy (non-hydrogen) atoms. The first-order valence-electron chi connectivity index (χ1n) is 4.83. The van der Waals surface area contributed by atoms with E-state index in [2.05, 4.69) is 24.1 Å². The molecule has 0 spiro atoms. The van der Waals surface area contributed by atoms with Gasteiger partial charge in [0.05, 0.1) is 6.04 Å². The molecule has 1 atom stereocenters. The number of rotatable bonds is 3. The number of nitrogens with zero attached hydrogens (tertiary/aromatic N) is 1. The second kappa shape index (κ2) is 4.86. The Labute approximate surface area is 78.3 Å². The fourth-order valence-electron chi connectivity index (χ4n) is 1.69. The van der Waals surface area contributed by atoms with Gasteiger partial charge in [-0.25, -0.2) is 8.78 Å². The van der Waals surface area contributed by atoms with Crippen molar-refractivity contribution in [3.8, 4) is 0 Å². The standard InChI is InChI=1S/C9H18F2N2/c1-7(2)5-13-4-3-12-8(6-13)9(10)11/h7-9,12H,3-6H2,1-2H3. The van der Waals surface area contributed by atoms with Gasteiger partial charge in [-0.05, 0) is 5.92 Å². The molecule has 78 valence electrons. The topological polar surface area (TPSA) is 15.3 Å². The Balaban J connectivity index is 2.33. The van der Waals surface area contributed by atoms with Gasteiger partial charge in [-0.2, -0.15) is 0 Å². The molecule has 1 aliphatic heterocycles. The van der Waals surface area contributed by atoms with Gasteiger partial charge in [0.2, 0.25) is 0 Å². The number of hydrogen-bond acceptors (Lipinski definition) is 2. The molecule has 0 aromatic heterocycles. The SMILES string of the molecule is CC(C)CN1CCNC(C(F)F)C1. The first kappa shape index (κ1) is 10.9. The molecule has 1 fully saturated rings. The zero-order chi connectivity index (χ0) is 9.84. The lowest BCUT2D eigenvalue weighted by atomic mass is 10.1. The van der Waals surface area contributed by atoms with E-state index in [1.807, 2.05) is 0 Å². The molecule has 0 amide bonds. The Morgan fingerprint density at radius 1 is 1.46 bits per heavy atom. The summed E-state index contributed by atoms with van der Waals surface area (Å²) >= 11 is 0. The fraction of sp³-hybridized carbons (Fsp3) is 1.00. The van der Waals surface area contributed by atoms with Crippen LogP contribution >= 0.6 is 0 Å². The molecular formula is C9H18F2N2. The largest absolute Gasteiger partial charge is 0.307 e. The summed E-state index contributed by atoms with van der Waals surface area (Å²) in [4.78, 5) is 2.11. The Morgan fingerprint density at radius 2 is 2.15 bits per heavy atom. The van der Waals surface area contributed by atoms with E-state index in [4.69, 9.17) is 0 Å². The molecule has 1 saturated heterocycles. The second-order valence-corrected chi connectivity index (χ2v) is 4.05. The van der Waals surface area contributed by atoms with Crippen LogP contribution in [0.4, 0.5) is 8.78 Å². The summed E-state index contributed by atoms with van der Waals surface area (Å²) < 4.78 is 24.7. The summed E-state index contributed by atoms with van der Waals surface area (Å²) in [5.41, 5.74) is 0. The first-order chi connectivity index (χ1) is 6.09. The van der Waals surface area contributed by atoms with Crippen LogP contribution < -0.4 is 5.32 Å². The molecule has 1 aliphatic rings. The van der Waals surface area contributed by atoms with Gasteiger partial charge in [0.15, 0.2) is 0 Å². The summed E-state index contributed by atoms with van der Waals surface area (Å²) in [5, 5.41) is 2.83. The van der Waals surface area contributed by atoms with Gasteiger partial charge >= 0.3 is 0 Å². The van der Waals surface area contributed by atoms with Crippen molar-refractivity contribution in [2.45, 2.75) is 26.3 Å². The van der Waals surface area contributed by atoms with E-state index in [0.29, 0.717) is 19.0 Å². The Kier molecular flexibility index (Phi) is 4.06. The monoisotopic (exact) mass is 192 g/mol. The van der Waals surface area contributed by atoms with Gasteiger partial charge in [0.1, 0.15) is 0 Å². The van der Waals surface area contributed by atoms with Crippen LogP contribution in [0.25, 0.3) is 0 Å². The zero-order valence-corrected chi connectivity index (χ0v) is 8.26. The van der Waals surface area contributed by atoms with Crippen molar-refractivity contribution >= 4 is 0 Å².